The molecule has 0 radical (unpaired) electrons. The van der Waals surface area contributed by atoms with Crippen LogP contribution < -0.4 is 0 Å². The summed E-state index contributed by atoms with van der Waals surface area (Å²) in [7, 11) is 0. The second kappa shape index (κ2) is 7.02. The van der Waals surface area contributed by atoms with E-state index in [-0.39, 0.29) is 11.4 Å². The molecule has 1 N–H and O–H groups in total. The molecule has 0 saturated heterocycles. The van der Waals surface area contributed by atoms with Gasteiger partial charge < -0.3 is 8.98 Å². The monoisotopic (exact) mass is 465 g/mol. The minimum absolute atomic E-state index is 0.0161. The lowest BCUT2D eigenvalue weighted by atomic mass is 10.1. The van der Waals surface area contributed by atoms with Crippen LogP contribution in [0, 0.1) is 5.41 Å². The number of thioether (sulfide) groups is 1. The number of aromatic nitrogens is 1. The van der Waals surface area contributed by atoms with Crippen molar-refractivity contribution in [1.82, 2.24) is 9.58 Å². The number of hydrazone groups is 1. The number of amides is 1. The van der Waals surface area contributed by atoms with E-state index in [4.69, 9.17) is 9.83 Å². The molecule has 3 aromatic rings. The maximum absolute atomic E-state index is 12.6. The van der Waals surface area contributed by atoms with Crippen LogP contribution in [0.3, 0.4) is 0 Å². The summed E-state index contributed by atoms with van der Waals surface area (Å²) in [5, 5.41) is 15.2. The molecule has 0 unspecified atom stereocenters. The molecule has 5 rings (SSSR count). The highest BCUT2D eigenvalue weighted by atomic mass is 79.9. The Kier molecular flexibility index (Phi) is 4.33. The number of hydrogen-bond donors (Lipinski definition) is 1. The zero-order chi connectivity index (χ0) is 20.0. The van der Waals surface area contributed by atoms with E-state index in [0.29, 0.717) is 16.0 Å². The number of amidine groups is 2. The molecular weight excluding hydrogens is 454 g/mol. The van der Waals surface area contributed by atoms with E-state index in [1.165, 1.54) is 16.8 Å². The summed E-state index contributed by atoms with van der Waals surface area (Å²) in [6, 6.07) is 15.1. The van der Waals surface area contributed by atoms with Gasteiger partial charge in [0, 0.05) is 22.1 Å². The quantitative estimate of drug-likeness (QED) is 0.576. The third kappa shape index (κ3) is 3.18. The first-order chi connectivity index (χ1) is 14.1. The van der Waals surface area contributed by atoms with Gasteiger partial charge in [0.05, 0.1) is 11.8 Å². The van der Waals surface area contributed by atoms with E-state index >= 15 is 0 Å². The molecule has 0 saturated carbocycles. The number of nitrogens with zero attached hydrogens (tertiary/aromatic N) is 4. The summed E-state index contributed by atoms with van der Waals surface area (Å²) >= 11 is 4.64. The Morgan fingerprint density at radius 1 is 1.14 bits per heavy atom. The van der Waals surface area contributed by atoms with Gasteiger partial charge >= 0.3 is 0 Å². The van der Waals surface area contributed by atoms with Gasteiger partial charge in [-0.2, -0.15) is 15.1 Å². The zero-order valence-corrected chi connectivity index (χ0v) is 17.1. The van der Waals surface area contributed by atoms with Crippen LogP contribution in [0.25, 0.3) is 11.8 Å². The van der Waals surface area contributed by atoms with Crippen molar-refractivity contribution in [2.24, 2.45) is 10.1 Å². The lowest BCUT2D eigenvalue weighted by Gasteiger charge is -2.20. The normalized spacial score (nSPS) is 17.6. The Hall–Kier alpha value is -3.17. The number of nitrogens with one attached hydrogen (secondary N) is 1. The van der Waals surface area contributed by atoms with Gasteiger partial charge in [0.1, 0.15) is 0 Å². The average molecular weight is 466 g/mol. The molecule has 0 aliphatic carbocycles. The molecule has 0 spiro atoms. The first-order valence-corrected chi connectivity index (χ1v) is 10.2. The Morgan fingerprint density at radius 3 is 2.72 bits per heavy atom. The number of rotatable bonds is 3. The number of hydrogen-bond acceptors (Lipinski definition) is 5. The lowest BCUT2D eigenvalue weighted by Crippen LogP contribution is -2.35. The Morgan fingerprint density at radius 2 is 1.97 bits per heavy atom. The van der Waals surface area contributed by atoms with Crippen molar-refractivity contribution in [1.29, 1.82) is 5.41 Å². The third-order valence-electron chi connectivity index (χ3n) is 4.36. The number of furan rings is 1. The average Bonchev–Trinajstić information content (AvgIpc) is 3.45. The molecule has 0 atom stereocenters. The van der Waals surface area contributed by atoms with Crippen LogP contribution in [0.5, 0.6) is 0 Å². The SMILES string of the molecule is N=C1/C(=C\c2cccn2-c2ccc(Br)cc2)C(=O)N=C2SC(c3ccco3)=NN12. The molecule has 1 amide bonds. The topological polar surface area (TPSA) is 86.9 Å². The highest BCUT2D eigenvalue weighted by Gasteiger charge is 2.36. The molecule has 7 nitrogen and oxygen atoms in total. The second-order valence-corrected chi connectivity index (χ2v) is 8.05. The molecule has 0 bridgehead atoms. The van der Waals surface area contributed by atoms with Crippen LogP contribution in [-0.2, 0) is 4.79 Å². The molecule has 2 aliphatic rings. The number of benzene rings is 1. The van der Waals surface area contributed by atoms with Crippen molar-refractivity contribution >= 4 is 55.7 Å². The van der Waals surface area contributed by atoms with Crippen molar-refractivity contribution in [3.63, 3.8) is 0 Å². The van der Waals surface area contributed by atoms with Gasteiger partial charge in [-0.05, 0) is 66.4 Å². The van der Waals surface area contributed by atoms with Crippen molar-refractivity contribution in [3.8, 4) is 5.69 Å². The van der Waals surface area contributed by atoms with E-state index in [9.17, 15) is 4.79 Å². The molecule has 4 heterocycles. The van der Waals surface area contributed by atoms with Gasteiger partial charge in [0.15, 0.2) is 16.6 Å². The standard InChI is InChI=1S/C20H12BrN5O2S/c21-12-5-7-13(8-6-12)25-9-1-3-14(25)11-15-17(22)26-20(23-18(15)27)29-19(24-26)16-4-2-10-28-16/h1-11,22H/b15-11+,22-17?. The molecule has 0 fully saturated rings. The Labute approximate surface area is 178 Å². The molecular formula is C20H12BrN5O2S. The van der Waals surface area contributed by atoms with Gasteiger partial charge in [-0.1, -0.05) is 15.9 Å². The van der Waals surface area contributed by atoms with Gasteiger partial charge in [-0.15, -0.1) is 0 Å². The summed E-state index contributed by atoms with van der Waals surface area (Å²) in [6.07, 6.45) is 5.12. The van der Waals surface area contributed by atoms with Crippen LogP contribution in [0.2, 0.25) is 0 Å². The summed E-state index contributed by atoms with van der Waals surface area (Å²) < 4.78 is 8.28. The van der Waals surface area contributed by atoms with Crippen LogP contribution >= 0.6 is 27.7 Å². The predicted octanol–water partition coefficient (Wildman–Crippen LogP) is 4.50. The van der Waals surface area contributed by atoms with Gasteiger partial charge in [0.2, 0.25) is 5.17 Å². The molecule has 2 aliphatic heterocycles. The van der Waals surface area contributed by atoms with E-state index < -0.39 is 5.91 Å². The molecule has 142 valence electrons. The predicted molar refractivity (Wildman–Crippen MR) is 116 cm³/mol. The van der Waals surface area contributed by atoms with Crippen molar-refractivity contribution < 1.29 is 9.21 Å². The molecule has 2 aromatic heterocycles. The van der Waals surface area contributed by atoms with E-state index in [0.717, 1.165) is 15.9 Å². The number of halogens is 1. The third-order valence-corrected chi connectivity index (χ3v) is 5.82. The number of aliphatic imine (C=N–C) groups is 1. The molecule has 9 heteroatoms. The second-order valence-electron chi connectivity index (χ2n) is 6.18. The number of carbonyl (C=O) groups is 1. The first-order valence-electron chi connectivity index (χ1n) is 8.57. The Bertz CT molecular complexity index is 1220. The van der Waals surface area contributed by atoms with Gasteiger partial charge in [0.25, 0.3) is 5.91 Å². The van der Waals surface area contributed by atoms with Crippen LogP contribution in [0.4, 0.5) is 0 Å². The van der Waals surface area contributed by atoms with Crippen LogP contribution in [0.1, 0.15) is 11.5 Å². The van der Waals surface area contributed by atoms with Gasteiger partial charge in [-0.3, -0.25) is 10.2 Å². The number of fused-ring (bicyclic) bond motifs is 1. The van der Waals surface area contributed by atoms with Crippen molar-refractivity contribution in [3.05, 3.63) is 82.5 Å². The zero-order valence-electron chi connectivity index (χ0n) is 14.7. The summed E-state index contributed by atoms with van der Waals surface area (Å²) in [4.78, 5) is 16.7. The van der Waals surface area contributed by atoms with Crippen molar-refractivity contribution in [2.45, 2.75) is 0 Å². The highest BCUT2D eigenvalue weighted by molar-refractivity contribution is 9.10. The number of carbonyl (C=O) groups excluding carboxylic acids is 1. The minimum Gasteiger partial charge on any atom is -0.462 e. The fraction of sp³-hybridized carbons (Fsp3) is 0. The summed E-state index contributed by atoms with van der Waals surface area (Å²) in [5.74, 6) is 0.0906. The van der Waals surface area contributed by atoms with E-state index in [1.54, 1.807) is 24.5 Å². The first kappa shape index (κ1) is 17.9. The van der Waals surface area contributed by atoms with E-state index in [1.807, 2.05) is 47.2 Å². The smallest absolute Gasteiger partial charge is 0.283 e. The van der Waals surface area contributed by atoms with Crippen LogP contribution in [0.15, 0.2) is 85.5 Å². The van der Waals surface area contributed by atoms with Crippen molar-refractivity contribution in [2.75, 3.05) is 0 Å². The lowest BCUT2D eigenvalue weighted by molar-refractivity contribution is -0.114. The van der Waals surface area contributed by atoms with E-state index in [2.05, 4.69) is 26.0 Å². The summed E-state index contributed by atoms with van der Waals surface area (Å²) in [5.41, 5.74) is 1.89. The molecule has 1 aromatic carbocycles. The van der Waals surface area contributed by atoms with Crippen LogP contribution in [-0.4, -0.2) is 31.5 Å². The largest absolute Gasteiger partial charge is 0.462 e. The van der Waals surface area contributed by atoms with Gasteiger partial charge in [-0.25, -0.2) is 0 Å². The maximum Gasteiger partial charge on any atom is 0.283 e. The summed E-state index contributed by atoms with van der Waals surface area (Å²) in [6.45, 7) is 0. The Balaban J connectivity index is 1.51. The fourth-order valence-corrected chi connectivity index (χ4v) is 4.11. The minimum atomic E-state index is -0.465. The maximum atomic E-state index is 12.6. The highest BCUT2D eigenvalue weighted by Crippen LogP contribution is 2.31. The molecule has 29 heavy (non-hydrogen) atoms. The fourth-order valence-electron chi connectivity index (χ4n) is 2.99.